The fraction of sp³-hybridized carbons (Fsp3) is 0.804. The summed E-state index contributed by atoms with van der Waals surface area (Å²) in [5.74, 6) is -6.00. The van der Waals surface area contributed by atoms with Crippen molar-refractivity contribution in [2.45, 2.75) is 194 Å². The van der Waals surface area contributed by atoms with Crippen LogP contribution in [0.4, 0.5) is 0 Å². The van der Waals surface area contributed by atoms with Crippen LogP contribution in [0.25, 0.3) is 0 Å². The number of carboxylic acids is 2. The van der Waals surface area contributed by atoms with Crippen molar-refractivity contribution in [3.05, 3.63) is 34.9 Å². The highest BCUT2D eigenvalue weighted by atomic mass is 16.7. The van der Waals surface area contributed by atoms with Crippen LogP contribution in [-0.4, -0.2) is 174 Å². The van der Waals surface area contributed by atoms with Gasteiger partial charge in [0.2, 0.25) is 0 Å². The minimum absolute atomic E-state index is 0.0592. The van der Waals surface area contributed by atoms with Gasteiger partial charge in [0.05, 0.1) is 42.4 Å². The number of hydrogen-bond acceptors (Lipinski definition) is 18. The summed E-state index contributed by atoms with van der Waals surface area (Å²) in [6, 6.07) is 0. The highest BCUT2D eigenvalue weighted by Gasteiger charge is 2.77. The zero-order valence-electron chi connectivity index (χ0n) is 42.3. The van der Waals surface area contributed by atoms with Crippen molar-refractivity contribution in [1.82, 2.24) is 0 Å². The van der Waals surface area contributed by atoms with Crippen LogP contribution in [0, 0.1) is 50.2 Å². The molecule has 0 aromatic heterocycles. The third-order valence-corrected chi connectivity index (χ3v) is 19.3. The highest BCUT2D eigenvalue weighted by molar-refractivity contribution is 5.89. The summed E-state index contributed by atoms with van der Waals surface area (Å²) in [4.78, 5) is 53.5. The van der Waals surface area contributed by atoms with E-state index in [2.05, 4.69) is 6.92 Å². The molecular weight excluding hydrogens is 933 g/mol. The Balaban J connectivity index is 1.24. The molecule has 400 valence electrons. The third kappa shape index (κ3) is 8.25. The zero-order valence-corrected chi connectivity index (χ0v) is 42.3. The average Bonchev–Trinajstić information content (AvgIpc) is 3.31. The van der Waals surface area contributed by atoms with Crippen molar-refractivity contribution >= 4 is 23.9 Å². The van der Waals surface area contributed by atoms with Crippen LogP contribution in [0.2, 0.25) is 0 Å². The SMILES string of the molecule is C/C=C(/C)C(=O)O[C@H]1[C@H](OC(=O)/C(C)=C\C)[C@]2(CO)[C@H](O)[C@H](O)[C@]3(C)C(=CC[C@@H]4[C@]5(C)CC[C@H](O[C@@H]6O[C@H](C(=O)O)[C@@H](O)[C@H](O[C@@H]7OC[C@H](O)[C@H](O)[C@H]7O)[C@H]6O)[C@@](C)(C(=O)O)[C@@H]5CC[C@]43C)[C@@H]2CC1(C)C. The van der Waals surface area contributed by atoms with E-state index in [1.807, 2.05) is 33.8 Å². The van der Waals surface area contributed by atoms with Gasteiger partial charge in [0, 0.05) is 22.0 Å². The number of rotatable bonds is 11. The molecule has 6 fully saturated rings. The number of aliphatic hydroxyl groups is 8. The van der Waals surface area contributed by atoms with E-state index in [1.165, 1.54) is 0 Å². The molecule has 7 rings (SSSR count). The van der Waals surface area contributed by atoms with Gasteiger partial charge in [-0.05, 0) is 102 Å². The van der Waals surface area contributed by atoms with E-state index in [0.29, 0.717) is 24.8 Å². The maximum atomic E-state index is 13.9. The number of allylic oxidation sites excluding steroid dienone is 3. The molecule has 0 bridgehead atoms. The number of aliphatic hydroxyl groups excluding tert-OH is 8. The second-order valence-corrected chi connectivity index (χ2v) is 23.0. The van der Waals surface area contributed by atoms with Crippen LogP contribution in [0.5, 0.6) is 0 Å². The molecule has 5 aliphatic carbocycles. The maximum absolute atomic E-state index is 13.9. The number of aliphatic carboxylic acids is 2. The van der Waals surface area contributed by atoms with Gasteiger partial charge in [0.1, 0.15) is 42.7 Å². The normalized spacial score (nSPS) is 48.6. The van der Waals surface area contributed by atoms with E-state index >= 15 is 0 Å². The van der Waals surface area contributed by atoms with E-state index < -0.39 is 167 Å². The lowest BCUT2D eigenvalue weighted by molar-refractivity contribution is -0.357. The number of fused-ring (bicyclic) bond motifs is 7. The average molecular weight is 1010 g/mol. The van der Waals surface area contributed by atoms with Gasteiger partial charge in [-0.15, -0.1) is 0 Å². The minimum Gasteiger partial charge on any atom is -0.481 e. The molecule has 0 amide bonds. The monoisotopic (exact) mass is 1010 g/mol. The first-order valence-corrected chi connectivity index (χ1v) is 24.8. The molecule has 0 spiro atoms. The van der Waals surface area contributed by atoms with Gasteiger partial charge in [-0.3, -0.25) is 4.79 Å². The summed E-state index contributed by atoms with van der Waals surface area (Å²) in [6.45, 7) is 16.5. The Labute approximate surface area is 413 Å². The van der Waals surface area contributed by atoms with Crippen molar-refractivity contribution in [1.29, 1.82) is 0 Å². The topological polar surface area (TPSA) is 326 Å². The summed E-state index contributed by atoms with van der Waals surface area (Å²) >= 11 is 0. The van der Waals surface area contributed by atoms with Crippen molar-refractivity contribution in [2.24, 2.45) is 50.2 Å². The molecule has 0 aromatic carbocycles. The molecule has 2 aliphatic heterocycles. The van der Waals surface area contributed by atoms with E-state index in [-0.39, 0.29) is 30.8 Å². The van der Waals surface area contributed by atoms with E-state index in [4.69, 9.17) is 28.4 Å². The molecule has 2 heterocycles. The molecule has 4 saturated carbocycles. The van der Waals surface area contributed by atoms with Gasteiger partial charge >= 0.3 is 23.9 Å². The Morgan fingerprint density at radius 3 is 1.92 bits per heavy atom. The van der Waals surface area contributed by atoms with Gasteiger partial charge in [0.15, 0.2) is 24.8 Å². The Hall–Kier alpha value is -3.38. The van der Waals surface area contributed by atoms with Crippen molar-refractivity contribution in [3.63, 3.8) is 0 Å². The van der Waals surface area contributed by atoms with Crippen molar-refractivity contribution < 1.29 is 98.7 Å². The zero-order chi connectivity index (χ0) is 52.9. The van der Waals surface area contributed by atoms with Crippen LogP contribution in [0.3, 0.4) is 0 Å². The molecule has 20 nitrogen and oxygen atoms in total. The Bertz CT molecular complexity index is 2170. The molecule has 10 N–H and O–H groups in total. The van der Waals surface area contributed by atoms with E-state index in [9.17, 15) is 70.2 Å². The van der Waals surface area contributed by atoms with Gasteiger partial charge in [0.25, 0.3) is 0 Å². The first kappa shape index (κ1) is 55.4. The summed E-state index contributed by atoms with van der Waals surface area (Å²) in [5, 5.41) is 112. The molecule has 22 atom stereocenters. The highest BCUT2D eigenvalue weighted by Crippen LogP contribution is 2.76. The summed E-state index contributed by atoms with van der Waals surface area (Å²) in [6.07, 6.45) is -16.9. The molecule has 20 heteroatoms. The fourth-order valence-corrected chi connectivity index (χ4v) is 14.6. The van der Waals surface area contributed by atoms with Crippen LogP contribution in [-0.2, 0) is 47.6 Å². The predicted octanol–water partition coefficient (Wildman–Crippen LogP) is 1.50. The standard InChI is InChI=1S/C51H76O20/c1-11-22(3)41(62)70-38-39(71-42(63)23(4)12-2)51(21-52)25(19-46(38,5)6)24-13-14-27-47(7)17-16-29(49(9,45(64)65)28(47)15-18-48(27,8)50(24,10)36(58)37(51)59)67-44-33(57)34(32(56)35(69-44)40(60)61)68-43-31(55)30(54)26(53)20-66-43/h11-13,25-39,43-44,52-59H,14-21H2,1-10H3,(H,60,61)(H,64,65)/b22-11-,23-12-/t25-,26-,27+,28+,29-,30-,31+,32-,33+,34-,35-,36-,37+,38-,39-,43-,44+,47-,48+,49-,50-,51-/m0/s1. The van der Waals surface area contributed by atoms with Gasteiger partial charge in [-0.2, -0.15) is 0 Å². The molecule has 0 unspecified atom stereocenters. The number of hydrogen-bond donors (Lipinski definition) is 10. The van der Waals surface area contributed by atoms with E-state index in [0.717, 1.165) is 5.57 Å². The molecule has 0 radical (unpaired) electrons. The summed E-state index contributed by atoms with van der Waals surface area (Å²) in [5.41, 5.74) is -5.94. The number of carboxylic acid groups (broad SMARTS) is 2. The number of esters is 2. The minimum atomic E-state index is -2.06. The van der Waals surface area contributed by atoms with Crippen LogP contribution >= 0.6 is 0 Å². The van der Waals surface area contributed by atoms with Crippen molar-refractivity contribution in [3.8, 4) is 0 Å². The van der Waals surface area contributed by atoms with Crippen LogP contribution in [0.15, 0.2) is 34.9 Å². The number of carbonyl (C=O) groups is 4. The van der Waals surface area contributed by atoms with Crippen LogP contribution in [0.1, 0.15) is 108 Å². The lowest BCUT2D eigenvalue weighted by Crippen LogP contribution is -2.76. The fourth-order valence-electron chi connectivity index (χ4n) is 14.6. The first-order chi connectivity index (χ1) is 33.0. The first-order valence-electron chi connectivity index (χ1n) is 24.8. The molecule has 2 saturated heterocycles. The molecule has 7 aliphatic rings. The second-order valence-electron chi connectivity index (χ2n) is 23.0. The summed E-state index contributed by atoms with van der Waals surface area (Å²) in [7, 11) is 0. The van der Waals surface area contributed by atoms with Gasteiger partial charge < -0.3 is 79.5 Å². The Morgan fingerprint density at radius 2 is 1.35 bits per heavy atom. The quantitative estimate of drug-likeness (QED) is 0.0607. The number of ether oxygens (including phenoxy) is 6. The number of carbonyl (C=O) groups excluding carboxylic acids is 2. The lowest BCUT2D eigenvalue weighted by Gasteiger charge is -2.73. The van der Waals surface area contributed by atoms with Crippen LogP contribution < -0.4 is 0 Å². The molecule has 71 heavy (non-hydrogen) atoms. The predicted molar refractivity (Wildman–Crippen MR) is 246 cm³/mol. The van der Waals surface area contributed by atoms with Crippen molar-refractivity contribution in [2.75, 3.05) is 13.2 Å². The largest absolute Gasteiger partial charge is 0.481 e. The smallest absolute Gasteiger partial charge is 0.335 e. The molecular formula is C51H76O20. The summed E-state index contributed by atoms with van der Waals surface area (Å²) < 4.78 is 35.4. The lowest BCUT2D eigenvalue weighted by atomic mass is 9.32. The third-order valence-electron chi connectivity index (χ3n) is 19.3. The van der Waals surface area contributed by atoms with Gasteiger partial charge in [-0.25, -0.2) is 14.4 Å². The second kappa shape index (κ2) is 19.4. The molecule has 0 aromatic rings. The Morgan fingerprint density at radius 1 is 0.746 bits per heavy atom. The Kier molecular flexibility index (Phi) is 15.1. The van der Waals surface area contributed by atoms with Gasteiger partial charge in [-0.1, -0.05) is 58.4 Å². The van der Waals surface area contributed by atoms with E-state index in [1.54, 1.807) is 46.8 Å². The maximum Gasteiger partial charge on any atom is 0.335 e.